The standard InChI is InChI=1S/C18H28ClN5OS/c1-23(2)17(25)12-21-18(20-9-11-26-3)22-15-8-10-24(13-15)16-6-4-14(19)5-7-16/h4-7,15H,8-13H2,1-3H3,(H2,20,21,22). The number of carbonyl (C=O) groups excluding carboxylic acids is 1. The van der Waals surface area contributed by atoms with Crippen molar-refractivity contribution >= 4 is 40.9 Å². The minimum atomic E-state index is -0.00909. The molecule has 1 aliphatic heterocycles. The first-order valence-electron chi connectivity index (χ1n) is 8.74. The fourth-order valence-corrected chi connectivity index (χ4v) is 3.10. The summed E-state index contributed by atoms with van der Waals surface area (Å²) in [5.41, 5.74) is 1.18. The van der Waals surface area contributed by atoms with Crippen molar-refractivity contribution in [3.8, 4) is 0 Å². The third kappa shape index (κ3) is 6.61. The Morgan fingerprint density at radius 2 is 2.12 bits per heavy atom. The summed E-state index contributed by atoms with van der Waals surface area (Å²) in [5.74, 6) is 1.69. The number of nitrogens with one attached hydrogen (secondary N) is 2. The Balaban J connectivity index is 1.93. The van der Waals surface area contributed by atoms with Gasteiger partial charge in [0.15, 0.2) is 5.96 Å². The second kappa shape index (κ2) is 10.5. The number of likely N-dealkylation sites (N-methyl/N-ethyl adjacent to an activating group) is 1. The highest BCUT2D eigenvalue weighted by Crippen LogP contribution is 2.22. The van der Waals surface area contributed by atoms with Crippen LogP contribution < -0.4 is 15.5 Å². The molecular weight excluding hydrogens is 370 g/mol. The first-order valence-corrected chi connectivity index (χ1v) is 10.5. The first kappa shape index (κ1) is 20.7. The fraction of sp³-hybridized carbons (Fsp3) is 0.556. The maximum Gasteiger partial charge on any atom is 0.243 e. The van der Waals surface area contributed by atoms with Crippen molar-refractivity contribution in [1.82, 2.24) is 15.5 Å². The molecule has 1 saturated heterocycles. The average molecular weight is 398 g/mol. The number of hydrogen-bond acceptors (Lipinski definition) is 4. The highest BCUT2D eigenvalue weighted by molar-refractivity contribution is 7.98. The lowest BCUT2D eigenvalue weighted by Crippen LogP contribution is -2.45. The molecule has 1 atom stereocenters. The number of thioether (sulfide) groups is 1. The molecule has 1 unspecified atom stereocenters. The van der Waals surface area contributed by atoms with Crippen molar-refractivity contribution in [1.29, 1.82) is 0 Å². The van der Waals surface area contributed by atoms with Crippen LogP contribution in [0, 0.1) is 0 Å². The number of rotatable bonds is 7. The molecule has 0 bridgehead atoms. The summed E-state index contributed by atoms with van der Waals surface area (Å²) in [5, 5.41) is 7.54. The van der Waals surface area contributed by atoms with Gasteiger partial charge in [-0.3, -0.25) is 4.79 Å². The first-order chi connectivity index (χ1) is 12.5. The number of benzene rings is 1. The van der Waals surface area contributed by atoms with Crippen LogP contribution in [0.15, 0.2) is 29.3 Å². The predicted molar refractivity (Wildman–Crippen MR) is 113 cm³/mol. The van der Waals surface area contributed by atoms with E-state index in [0.717, 1.165) is 36.8 Å². The van der Waals surface area contributed by atoms with Crippen molar-refractivity contribution in [2.45, 2.75) is 12.5 Å². The smallest absolute Gasteiger partial charge is 0.243 e. The topological polar surface area (TPSA) is 60.0 Å². The van der Waals surface area contributed by atoms with E-state index in [9.17, 15) is 4.79 Å². The zero-order valence-electron chi connectivity index (χ0n) is 15.7. The summed E-state index contributed by atoms with van der Waals surface area (Å²) in [6, 6.07) is 8.22. The monoisotopic (exact) mass is 397 g/mol. The predicted octanol–water partition coefficient (Wildman–Crippen LogP) is 1.91. The molecule has 0 aliphatic carbocycles. The minimum absolute atomic E-state index is 0.00909. The van der Waals surface area contributed by atoms with E-state index in [-0.39, 0.29) is 12.5 Å². The van der Waals surface area contributed by atoms with E-state index in [1.54, 1.807) is 30.8 Å². The van der Waals surface area contributed by atoms with Crippen LogP contribution in [0.4, 0.5) is 5.69 Å². The molecule has 0 radical (unpaired) electrons. The van der Waals surface area contributed by atoms with E-state index in [1.165, 1.54) is 5.69 Å². The van der Waals surface area contributed by atoms with Crippen LogP contribution in [0.5, 0.6) is 0 Å². The Morgan fingerprint density at radius 1 is 1.38 bits per heavy atom. The van der Waals surface area contributed by atoms with Gasteiger partial charge >= 0.3 is 0 Å². The lowest BCUT2D eigenvalue weighted by atomic mass is 10.3. The molecule has 2 N–H and O–H groups in total. The molecule has 1 fully saturated rings. The number of amides is 1. The highest BCUT2D eigenvalue weighted by atomic mass is 35.5. The molecule has 8 heteroatoms. The maximum atomic E-state index is 11.8. The fourth-order valence-electron chi connectivity index (χ4n) is 2.67. The van der Waals surface area contributed by atoms with Gasteiger partial charge in [-0.25, -0.2) is 4.99 Å². The van der Waals surface area contributed by atoms with Gasteiger partial charge in [-0.2, -0.15) is 11.8 Å². The van der Waals surface area contributed by atoms with Gasteiger partial charge in [-0.1, -0.05) is 11.6 Å². The van der Waals surface area contributed by atoms with Crippen LogP contribution in [-0.2, 0) is 4.79 Å². The normalized spacial score (nSPS) is 17.3. The van der Waals surface area contributed by atoms with E-state index < -0.39 is 0 Å². The maximum absolute atomic E-state index is 11.8. The van der Waals surface area contributed by atoms with Crippen LogP contribution in [0.3, 0.4) is 0 Å². The molecule has 1 amide bonds. The van der Waals surface area contributed by atoms with Gasteiger partial charge in [-0.05, 0) is 36.9 Å². The third-order valence-corrected chi connectivity index (χ3v) is 5.06. The van der Waals surface area contributed by atoms with Crippen LogP contribution in [-0.4, -0.2) is 75.1 Å². The lowest BCUT2D eigenvalue weighted by molar-refractivity contribution is -0.127. The van der Waals surface area contributed by atoms with Crippen LogP contribution in [0.2, 0.25) is 5.02 Å². The minimum Gasteiger partial charge on any atom is -0.369 e. The van der Waals surface area contributed by atoms with E-state index in [1.807, 2.05) is 24.3 Å². The molecule has 1 aromatic rings. The van der Waals surface area contributed by atoms with Crippen molar-refractivity contribution in [3.63, 3.8) is 0 Å². The van der Waals surface area contributed by atoms with E-state index >= 15 is 0 Å². The lowest BCUT2D eigenvalue weighted by Gasteiger charge is -2.21. The molecule has 0 spiro atoms. The Kier molecular flexibility index (Phi) is 8.38. The summed E-state index contributed by atoms with van der Waals surface area (Å²) >= 11 is 7.75. The quantitative estimate of drug-likeness (QED) is 0.418. The molecule has 144 valence electrons. The molecule has 0 aromatic heterocycles. The molecule has 2 rings (SSSR count). The van der Waals surface area contributed by atoms with Crippen LogP contribution in [0.1, 0.15) is 6.42 Å². The van der Waals surface area contributed by atoms with Crippen LogP contribution >= 0.6 is 23.4 Å². The van der Waals surface area contributed by atoms with Crippen molar-refractivity contribution in [2.75, 3.05) is 57.2 Å². The summed E-state index contributed by atoms with van der Waals surface area (Å²) in [7, 11) is 3.49. The van der Waals surface area contributed by atoms with Gasteiger partial charge in [0.1, 0.15) is 6.54 Å². The van der Waals surface area contributed by atoms with Gasteiger partial charge in [0.2, 0.25) is 5.91 Å². The van der Waals surface area contributed by atoms with Crippen molar-refractivity contribution < 1.29 is 4.79 Å². The number of nitrogens with zero attached hydrogens (tertiary/aromatic N) is 3. The molecule has 1 aliphatic rings. The second-order valence-corrected chi connectivity index (χ2v) is 7.85. The van der Waals surface area contributed by atoms with Gasteiger partial charge in [-0.15, -0.1) is 0 Å². The summed E-state index contributed by atoms with van der Waals surface area (Å²) < 4.78 is 0. The Morgan fingerprint density at radius 3 is 2.77 bits per heavy atom. The average Bonchev–Trinajstić information content (AvgIpc) is 3.08. The molecule has 1 aromatic carbocycles. The summed E-state index contributed by atoms with van der Waals surface area (Å²) in [4.78, 5) is 20.2. The number of halogens is 1. The molecule has 26 heavy (non-hydrogen) atoms. The number of carbonyl (C=O) groups is 1. The second-order valence-electron chi connectivity index (χ2n) is 6.42. The molecular formula is C18H28ClN5OS. The van der Waals surface area contributed by atoms with Crippen LogP contribution in [0.25, 0.3) is 0 Å². The zero-order chi connectivity index (χ0) is 18.9. The Bertz CT molecular complexity index is 608. The molecule has 1 heterocycles. The van der Waals surface area contributed by atoms with Crippen molar-refractivity contribution in [3.05, 3.63) is 29.3 Å². The summed E-state index contributed by atoms with van der Waals surface area (Å²) in [6.45, 7) is 2.84. The third-order valence-electron chi connectivity index (χ3n) is 4.19. The van der Waals surface area contributed by atoms with Gasteiger partial charge in [0, 0.05) is 56.2 Å². The SMILES string of the molecule is CSCCNC(=NCC(=O)N(C)C)NC1CCN(c2ccc(Cl)cc2)C1. The number of anilines is 1. The summed E-state index contributed by atoms with van der Waals surface area (Å²) in [6.07, 6.45) is 3.09. The molecule has 6 nitrogen and oxygen atoms in total. The highest BCUT2D eigenvalue weighted by Gasteiger charge is 2.23. The molecule has 0 saturated carbocycles. The number of aliphatic imine (C=N–C) groups is 1. The van der Waals surface area contributed by atoms with E-state index in [4.69, 9.17) is 11.6 Å². The van der Waals surface area contributed by atoms with Gasteiger partial charge in [0.05, 0.1) is 0 Å². The number of hydrogen-bond donors (Lipinski definition) is 2. The van der Waals surface area contributed by atoms with Gasteiger partial charge < -0.3 is 20.4 Å². The zero-order valence-corrected chi connectivity index (χ0v) is 17.2. The Hall–Kier alpha value is -1.60. The van der Waals surface area contributed by atoms with E-state index in [0.29, 0.717) is 12.0 Å². The Labute approximate surface area is 165 Å². The number of guanidine groups is 1. The largest absolute Gasteiger partial charge is 0.369 e. The van der Waals surface area contributed by atoms with Gasteiger partial charge in [0.25, 0.3) is 0 Å². The van der Waals surface area contributed by atoms with Crippen molar-refractivity contribution in [2.24, 2.45) is 4.99 Å². The van der Waals surface area contributed by atoms with E-state index in [2.05, 4.69) is 26.8 Å².